The summed E-state index contributed by atoms with van der Waals surface area (Å²) >= 11 is 5.91. The molecule has 0 aromatic carbocycles. The van der Waals surface area contributed by atoms with Crippen LogP contribution in [-0.4, -0.2) is 39.0 Å². The number of hydrogen-bond donors (Lipinski definition) is 0. The molecule has 1 aromatic rings. The Kier molecular flexibility index (Phi) is 3.44. The topological polar surface area (TPSA) is 46.1 Å². The van der Waals surface area contributed by atoms with Gasteiger partial charge in [-0.05, 0) is 25.0 Å². The lowest BCUT2D eigenvalue weighted by atomic mass is 10.2. The molecule has 0 radical (unpaired) electrons. The van der Waals surface area contributed by atoms with Crippen molar-refractivity contribution in [3.8, 4) is 0 Å². The van der Waals surface area contributed by atoms with Crippen LogP contribution in [0.25, 0.3) is 0 Å². The van der Waals surface area contributed by atoms with E-state index in [0.717, 1.165) is 30.0 Å². The van der Waals surface area contributed by atoms with Gasteiger partial charge in [0.2, 0.25) is 0 Å². The summed E-state index contributed by atoms with van der Waals surface area (Å²) in [6.07, 6.45) is 0. The predicted molar refractivity (Wildman–Crippen MR) is 66.6 cm³/mol. The fraction of sp³-hybridized carbons (Fsp3) is 0.600. The quantitative estimate of drug-likeness (QED) is 0.763. The molecule has 4 nitrogen and oxygen atoms in total. The van der Waals surface area contributed by atoms with Gasteiger partial charge in [0.05, 0.1) is 0 Å². The molecule has 1 aliphatic rings. The average molecular weight is 260 g/mol. The monoisotopic (exact) mass is 259 g/mol. The van der Waals surface area contributed by atoms with E-state index in [9.17, 15) is 4.21 Å². The van der Waals surface area contributed by atoms with Crippen LogP contribution >= 0.6 is 11.6 Å². The molecular formula is C10H14ClN3OS. The second kappa shape index (κ2) is 4.67. The summed E-state index contributed by atoms with van der Waals surface area (Å²) in [5.41, 5.74) is 2.03. The average Bonchev–Trinajstić information content (AvgIpc) is 2.28. The van der Waals surface area contributed by atoms with E-state index in [4.69, 9.17) is 11.6 Å². The first kappa shape index (κ1) is 11.8. The van der Waals surface area contributed by atoms with Gasteiger partial charge in [0.1, 0.15) is 0 Å². The number of aromatic nitrogens is 2. The number of hydrogen-bond acceptors (Lipinski definition) is 4. The first-order valence-corrected chi connectivity index (χ1v) is 7.05. The molecule has 0 bridgehead atoms. The minimum atomic E-state index is -0.667. The fourth-order valence-corrected chi connectivity index (χ4v) is 2.95. The lowest BCUT2D eigenvalue weighted by molar-refractivity contribution is 0.671. The van der Waals surface area contributed by atoms with Gasteiger partial charge in [-0.15, -0.1) is 10.2 Å². The zero-order valence-corrected chi connectivity index (χ0v) is 10.9. The number of rotatable bonds is 1. The molecule has 16 heavy (non-hydrogen) atoms. The summed E-state index contributed by atoms with van der Waals surface area (Å²) < 4.78 is 11.3. The van der Waals surface area contributed by atoms with Crippen LogP contribution < -0.4 is 4.90 Å². The minimum absolute atomic E-state index is 0.460. The van der Waals surface area contributed by atoms with Crippen molar-refractivity contribution in [2.24, 2.45) is 0 Å². The zero-order valence-electron chi connectivity index (χ0n) is 9.36. The Balaban J connectivity index is 2.27. The molecule has 88 valence electrons. The highest BCUT2D eigenvalue weighted by Crippen LogP contribution is 2.24. The van der Waals surface area contributed by atoms with Crippen LogP contribution in [0.5, 0.6) is 0 Å². The molecule has 1 aromatic heterocycles. The molecule has 0 saturated carbocycles. The van der Waals surface area contributed by atoms with Crippen molar-refractivity contribution >= 4 is 28.2 Å². The van der Waals surface area contributed by atoms with Crippen molar-refractivity contribution in [3.05, 3.63) is 16.3 Å². The first-order chi connectivity index (χ1) is 7.59. The highest BCUT2D eigenvalue weighted by Gasteiger charge is 2.19. The van der Waals surface area contributed by atoms with E-state index in [1.807, 2.05) is 13.8 Å². The van der Waals surface area contributed by atoms with Gasteiger partial charge in [-0.25, -0.2) is 0 Å². The Labute approximate surface area is 102 Å². The summed E-state index contributed by atoms with van der Waals surface area (Å²) in [7, 11) is -0.667. The van der Waals surface area contributed by atoms with Crippen molar-refractivity contribution in [2.45, 2.75) is 13.8 Å². The third-order valence-corrected chi connectivity index (χ3v) is 4.55. The van der Waals surface area contributed by atoms with E-state index in [1.165, 1.54) is 0 Å². The van der Waals surface area contributed by atoms with E-state index in [-0.39, 0.29) is 0 Å². The third kappa shape index (κ3) is 2.20. The first-order valence-electron chi connectivity index (χ1n) is 5.19. The van der Waals surface area contributed by atoms with Gasteiger partial charge in [0.15, 0.2) is 11.0 Å². The molecule has 0 aliphatic carbocycles. The maximum Gasteiger partial charge on any atom is 0.155 e. The molecule has 0 amide bonds. The summed E-state index contributed by atoms with van der Waals surface area (Å²) in [4.78, 5) is 2.13. The molecule has 0 atom stereocenters. The van der Waals surface area contributed by atoms with Crippen LogP contribution in [0, 0.1) is 13.8 Å². The van der Waals surface area contributed by atoms with Crippen LogP contribution in [0.1, 0.15) is 11.1 Å². The van der Waals surface area contributed by atoms with Crippen molar-refractivity contribution < 1.29 is 4.21 Å². The Bertz CT molecular complexity index is 428. The maximum atomic E-state index is 11.3. The summed E-state index contributed by atoms with van der Waals surface area (Å²) in [5, 5.41) is 8.52. The Morgan fingerprint density at radius 3 is 2.44 bits per heavy atom. The molecule has 0 unspecified atom stereocenters. The fourth-order valence-electron chi connectivity index (χ4n) is 1.71. The van der Waals surface area contributed by atoms with Gasteiger partial charge in [0, 0.05) is 35.4 Å². The van der Waals surface area contributed by atoms with Gasteiger partial charge in [-0.1, -0.05) is 11.6 Å². The number of halogens is 1. The lowest BCUT2D eigenvalue weighted by Crippen LogP contribution is -2.38. The molecule has 0 spiro atoms. The van der Waals surface area contributed by atoms with Crippen molar-refractivity contribution in [1.29, 1.82) is 0 Å². The third-order valence-electron chi connectivity index (χ3n) is 2.92. The maximum absolute atomic E-state index is 11.3. The van der Waals surface area contributed by atoms with Crippen LogP contribution in [-0.2, 0) is 10.8 Å². The Morgan fingerprint density at radius 1 is 1.19 bits per heavy atom. The van der Waals surface area contributed by atoms with Gasteiger partial charge < -0.3 is 4.90 Å². The van der Waals surface area contributed by atoms with Gasteiger partial charge in [-0.3, -0.25) is 4.21 Å². The zero-order chi connectivity index (χ0) is 11.7. The summed E-state index contributed by atoms with van der Waals surface area (Å²) in [5.74, 6) is 2.30. The second-order valence-corrected chi connectivity index (χ2v) is 5.95. The largest absolute Gasteiger partial charge is 0.353 e. The van der Waals surface area contributed by atoms with E-state index in [0.29, 0.717) is 16.7 Å². The molecule has 0 N–H and O–H groups in total. The van der Waals surface area contributed by atoms with Crippen LogP contribution in [0.4, 0.5) is 5.82 Å². The number of anilines is 1. The highest BCUT2D eigenvalue weighted by atomic mass is 35.5. The van der Waals surface area contributed by atoms with Crippen LogP contribution in [0.15, 0.2) is 0 Å². The molecule has 2 rings (SSSR count). The van der Waals surface area contributed by atoms with Crippen molar-refractivity contribution in [3.63, 3.8) is 0 Å². The molecule has 1 fully saturated rings. The molecular weight excluding hydrogens is 246 g/mol. The molecule has 1 aliphatic heterocycles. The van der Waals surface area contributed by atoms with Gasteiger partial charge >= 0.3 is 0 Å². The second-order valence-electron chi connectivity index (χ2n) is 3.90. The van der Waals surface area contributed by atoms with Crippen molar-refractivity contribution in [1.82, 2.24) is 10.2 Å². The van der Waals surface area contributed by atoms with E-state index in [2.05, 4.69) is 15.1 Å². The molecule has 6 heteroatoms. The Morgan fingerprint density at radius 2 is 1.81 bits per heavy atom. The smallest absolute Gasteiger partial charge is 0.155 e. The Hall–Kier alpha value is -0.680. The number of nitrogens with zero attached hydrogens (tertiary/aromatic N) is 3. The normalized spacial score (nSPS) is 17.8. The predicted octanol–water partition coefficient (Wildman–Crippen LogP) is 1.32. The molecule has 1 saturated heterocycles. The van der Waals surface area contributed by atoms with E-state index >= 15 is 0 Å². The van der Waals surface area contributed by atoms with Crippen molar-refractivity contribution in [2.75, 3.05) is 29.5 Å². The minimum Gasteiger partial charge on any atom is -0.353 e. The highest BCUT2D eigenvalue weighted by molar-refractivity contribution is 7.85. The van der Waals surface area contributed by atoms with E-state index in [1.54, 1.807) is 0 Å². The SMILES string of the molecule is Cc1c(Cl)nnc(N2CCS(=O)CC2)c1C. The van der Waals surface area contributed by atoms with Crippen LogP contribution in [0.3, 0.4) is 0 Å². The molecule has 2 heterocycles. The van der Waals surface area contributed by atoms with Gasteiger partial charge in [-0.2, -0.15) is 0 Å². The lowest BCUT2D eigenvalue weighted by Gasteiger charge is -2.28. The van der Waals surface area contributed by atoms with Gasteiger partial charge in [0.25, 0.3) is 0 Å². The standard InChI is InChI=1S/C10H14ClN3OS/c1-7-8(2)10(13-12-9(7)11)14-3-5-16(15)6-4-14/h3-6H2,1-2H3. The van der Waals surface area contributed by atoms with E-state index < -0.39 is 10.8 Å². The van der Waals surface area contributed by atoms with Crippen LogP contribution in [0.2, 0.25) is 5.15 Å². The summed E-state index contributed by atoms with van der Waals surface area (Å²) in [6.45, 7) is 5.50. The summed E-state index contributed by atoms with van der Waals surface area (Å²) in [6, 6.07) is 0.